The molecule has 26 heavy (non-hydrogen) atoms. The summed E-state index contributed by atoms with van der Waals surface area (Å²) in [6.45, 7) is 12.9. The molecule has 0 radical (unpaired) electrons. The summed E-state index contributed by atoms with van der Waals surface area (Å²) >= 11 is 0. The van der Waals surface area contributed by atoms with Crippen LogP contribution in [0.1, 0.15) is 37.8 Å². The molecule has 1 heterocycles. The first-order valence-electron chi connectivity index (χ1n) is 8.80. The summed E-state index contributed by atoms with van der Waals surface area (Å²) in [5, 5.41) is 9.27. The normalized spacial score (nSPS) is 21.2. The molecule has 1 aliphatic heterocycles. The zero-order valence-corrected chi connectivity index (χ0v) is 17.3. The first-order chi connectivity index (χ1) is 11.9. The molecule has 0 saturated carbocycles. The van der Waals surface area contributed by atoms with Gasteiger partial charge < -0.3 is 14.3 Å². The highest BCUT2D eigenvalue weighted by molar-refractivity contribution is 6.74. The zero-order valence-electron chi connectivity index (χ0n) is 16.3. The third-order valence-corrected chi connectivity index (χ3v) is 9.88. The summed E-state index contributed by atoms with van der Waals surface area (Å²) in [5.41, 5.74) is 1.98. The van der Waals surface area contributed by atoms with E-state index in [1.165, 1.54) is 6.08 Å². The molecule has 2 unspecified atom stereocenters. The van der Waals surface area contributed by atoms with E-state index in [0.717, 1.165) is 11.1 Å². The van der Waals surface area contributed by atoms with E-state index in [1.807, 2.05) is 31.2 Å². The monoisotopic (exact) mass is 376 g/mol. The predicted octanol–water partition coefficient (Wildman–Crippen LogP) is 4.24. The van der Waals surface area contributed by atoms with Crippen molar-refractivity contribution in [1.29, 1.82) is 0 Å². The lowest BCUT2D eigenvalue weighted by Gasteiger charge is -2.38. The molecule has 1 aromatic rings. The van der Waals surface area contributed by atoms with Gasteiger partial charge in [0.2, 0.25) is 5.76 Å². The first-order valence-corrected chi connectivity index (χ1v) is 11.7. The van der Waals surface area contributed by atoms with Crippen LogP contribution in [0.4, 0.5) is 0 Å². The number of allylic oxidation sites excluding steroid dienone is 1. The van der Waals surface area contributed by atoms with E-state index in [9.17, 15) is 14.7 Å². The minimum atomic E-state index is -2.04. The van der Waals surface area contributed by atoms with E-state index in [4.69, 9.17) is 9.16 Å². The highest BCUT2D eigenvalue weighted by Crippen LogP contribution is 2.39. The van der Waals surface area contributed by atoms with Crippen molar-refractivity contribution >= 4 is 20.3 Å². The molecule has 6 heteroatoms. The maximum absolute atomic E-state index is 12.5. The molecule has 1 aliphatic rings. The van der Waals surface area contributed by atoms with E-state index in [2.05, 4.69) is 33.9 Å². The Morgan fingerprint density at radius 2 is 1.81 bits per heavy atom. The lowest BCUT2D eigenvalue weighted by molar-refractivity contribution is -0.154. The number of carbonyl (C=O) groups is 2. The maximum atomic E-state index is 12.5. The third kappa shape index (κ3) is 4.43. The van der Waals surface area contributed by atoms with Gasteiger partial charge in [-0.1, -0.05) is 50.6 Å². The van der Waals surface area contributed by atoms with Gasteiger partial charge in [-0.25, -0.2) is 4.79 Å². The Hall–Kier alpha value is -1.92. The van der Waals surface area contributed by atoms with Crippen molar-refractivity contribution in [1.82, 2.24) is 0 Å². The van der Waals surface area contributed by atoms with Crippen LogP contribution < -0.4 is 0 Å². The topological polar surface area (TPSA) is 72.8 Å². The Labute approximate surface area is 156 Å². The summed E-state index contributed by atoms with van der Waals surface area (Å²) in [5.74, 6) is -3.04. The molecule has 0 saturated heterocycles. The molecule has 0 fully saturated rings. The number of esters is 1. The number of benzene rings is 1. The number of rotatable bonds is 5. The number of aryl methyl sites for hydroxylation is 1. The molecular formula is C20H28O5Si. The minimum absolute atomic E-state index is 0.0208. The van der Waals surface area contributed by atoms with Crippen LogP contribution in [0.2, 0.25) is 18.1 Å². The first kappa shape index (κ1) is 20.4. The van der Waals surface area contributed by atoms with Crippen LogP contribution in [-0.4, -0.2) is 32.0 Å². The fourth-order valence-electron chi connectivity index (χ4n) is 2.56. The number of aliphatic carboxylic acids is 1. The van der Waals surface area contributed by atoms with Crippen LogP contribution in [0, 0.1) is 12.8 Å². The predicted molar refractivity (Wildman–Crippen MR) is 102 cm³/mol. The van der Waals surface area contributed by atoms with Crippen molar-refractivity contribution in [3.8, 4) is 0 Å². The fraction of sp³-hybridized carbons (Fsp3) is 0.500. The van der Waals surface area contributed by atoms with Gasteiger partial charge >= 0.3 is 11.9 Å². The molecule has 1 N–H and O–H groups in total. The molecule has 0 bridgehead atoms. The number of hydrogen-bond acceptors (Lipinski definition) is 4. The molecule has 1 aromatic carbocycles. The quantitative estimate of drug-likeness (QED) is 0.614. The van der Waals surface area contributed by atoms with E-state index >= 15 is 0 Å². The Kier molecular flexibility index (Phi) is 5.78. The molecule has 0 aliphatic carbocycles. The summed E-state index contributed by atoms with van der Waals surface area (Å²) < 4.78 is 11.3. The van der Waals surface area contributed by atoms with Crippen LogP contribution in [-0.2, 0) is 18.8 Å². The standard InChI is InChI=1S/C20H28O5Si/c1-13-7-9-14(10-8-13)15-11-17(18(21)22)25-19(23)16(15)12-24-26(5,6)20(2,3)4/h7-11,15-16H,12H2,1-6H3,(H,21,22). The summed E-state index contributed by atoms with van der Waals surface area (Å²) in [6.07, 6.45) is 1.52. The Bertz CT molecular complexity index is 713. The van der Waals surface area contributed by atoms with Gasteiger partial charge in [-0.3, -0.25) is 4.79 Å². The van der Waals surface area contributed by atoms with Gasteiger partial charge in [0.05, 0.1) is 5.92 Å². The number of hydrogen-bond donors (Lipinski definition) is 1. The largest absolute Gasteiger partial charge is 0.475 e. The van der Waals surface area contributed by atoms with Gasteiger partial charge in [0, 0.05) is 12.5 Å². The number of cyclic esters (lactones) is 1. The van der Waals surface area contributed by atoms with Crippen molar-refractivity contribution < 1.29 is 23.9 Å². The number of carboxylic acids is 1. The van der Waals surface area contributed by atoms with Gasteiger partial charge in [-0.15, -0.1) is 0 Å². The van der Waals surface area contributed by atoms with E-state index in [-0.39, 0.29) is 23.3 Å². The summed E-state index contributed by atoms with van der Waals surface area (Å²) in [7, 11) is -2.04. The highest BCUT2D eigenvalue weighted by atomic mass is 28.4. The lowest BCUT2D eigenvalue weighted by atomic mass is 9.84. The number of carbonyl (C=O) groups excluding carboxylic acids is 1. The van der Waals surface area contributed by atoms with Crippen molar-refractivity contribution in [2.45, 2.75) is 51.7 Å². The van der Waals surface area contributed by atoms with Crippen LogP contribution in [0.3, 0.4) is 0 Å². The van der Waals surface area contributed by atoms with Gasteiger partial charge in [-0.2, -0.15) is 0 Å². The van der Waals surface area contributed by atoms with Gasteiger partial charge in [0.25, 0.3) is 0 Å². The van der Waals surface area contributed by atoms with E-state index in [1.54, 1.807) is 0 Å². The smallest absolute Gasteiger partial charge is 0.371 e. The molecular weight excluding hydrogens is 348 g/mol. The zero-order chi connectivity index (χ0) is 19.7. The number of carboxylic acid groups (broad SMARTS) is 1. The Balaban J connectivity index is 2.33. The minimum Gasteiger partial charge on any atom is -0.475 e. The van der Waals surface area contributed by atoms with Crippen LogP contribution in [0.15, 0.2) is 36.1 Å². The SMILES string of the molecule is Cc1ccc(C2C=C(C(=O)O)OC(=O)C2CO[Si](C)(C)C(C)(C)C)cc1. The average molecular weight is 377 g/mol. The lowest BCUT2D eigenvalue weighted by Crippen LogP contribution is -2.44. The maximum Gasteiger partial charge on any atom is 0.371 e. The Morgan fingerprint density at radius 1 is 1.23 bits per heavy atom. The molecule has 2 rings (SSSR count). The van der Waals surface area contributed by atoms with Crippen molar-refractivity contribution in [3.05, 3.63) is 47.2 Å². The second-order valence-electron chi connectivity index (χ2n) is 8.37. The van der Waals surface area contributed by atoms with Crippen molar-refractivity contribution in [3.63, 3.8) is 0 Å². The summed E-state index contributed by atoms with van der Waals surface area (Å²) in [4.78, 5) is 23.9. The third-order valence-electron chi connectivity index (χ3n) is 5.38. The highest BCUT2D eigenvalue weighted by Gasteiger charge is 2.42. The van der Waals surface area contributed by atoms with Gasteiger partial charge in [0.1, 0.15) is 0 Å². The molecule has 142 valence electrons. The molecule has 5 nitrogen and oxygen atoms in total. The molecule has 0 aromatic heterocycles. The van der Waals surface area contributed by atoms with E-state index in [0.29, 0.717) is 0 Å². The Morgan fingerprint density at radius 3 is 2.31 bits per heavy atom. The fourth-order valence-corrected chi connectivity index (χ4v) is 3.59. The second-order valence-corrected chi connectivity index (χ2v) is 13.2. The molecule has 2 atom stereocenters. The van der Waals surface area contributed by atoms with Gasteiger partial charge in [-0.05, 0) is 36.7 Å². The van der Waals surface area contributed by atoms with Gasteiger partial charge in [0.15, 0.2) is 8.32 Å². The second kappa shape index (κ2) is 7.37. The average Bonchev–Trinajstić information content (AvgIpc) is 2.52. The van der Waals surface area contributed by atoms with Crippen LogP contribution >= 0.6 is 0 Å². The van der Waals surface area contributed by atoms with Crippen molar-refractivity contribution in [2.24, 2.45) is 5.92 Å². The van der Waals surface area contributed by atoms with Crippen LogP contribution in [0.25, 0.3) is 0 Å². The summed E-state index contributed by atoms with van der Waals surface area (Å²) in [6, 6.07) is 7.76. The van der Waals surface area contributed by atoms with Crippen LogP contribution in [0.5, 0.6) is 0 Å². The molecule has 0 amide bonds. The van der Waals surface area contributed by atoms with Crippen molar-refractivity contribution in [2.75, 3.05) is 6.61 Å². The number of ether oxygens (including phenoxy) is 1. The van der Waals surface area contributed by atoms with E-state index < -0.39 is 26.2 Å². The molecule has 0 spiro atoms.